The van der Waals surface area contributed by atoms with Gasteiger partial charge in [0.1, 0.15) is 0 Å². The van der Waals surface area contributed by atoms with Crippen LogP contribution >= 0.6 is 23.5 Å². The molecule has 1 aromatic carbocycles. The maximum atomic E-state index is 7.09. The number of thioether (sulfide) groups is 2. The van der Waals surface area contributed by atoms with Gasteiger partial charge in [0.25, 0.3) is 0 Å². The SMILES string of the molecule is N=CSCc1ccc(CSC(=N)N)cc1. The predicted molar refractivity (Wildman–Crippen MR) is 69.7 cm³/mol. The van der Waals surface area contributed by atoms with Crippen molar-refractivity contribution in [3.8, 4) is 0 Å². The number of amidine groups is 1. The molecule has 0 saturated heterocycles. The van der Waals surface area contributed by atoms with E-state index < -0.39 is 0 Å². The fourth-order valence-electron chi connectivity index (χ4n) is 1.03. The molecule has 1 aromatic rings. The molecule has 0 heterocycles. The molecule has 0 radical (unpaired) electrons. The lowest BCUT2D eigenvalue weighted by atomic mass is 10.2. The first-order chi connectivity index (χ1) is 7.22. The van der Waals surface area contributed by atoms with Crippen LogP contribution < -0.4 is 5.73 Å². The highest BCUT2D eigenvalue weighted by molar-refractivity contribution is 8.13. The first kappa shape index (κ1) is 12.1. The topological polar surface area (TPSA) is 73.7 Å². The third kappa shape index (κ3) is 4.90. The third-order valence-corrected chi connectivity index (χ3v) is 3.21. The summed E-state index contributed by atoms with van der Waals surface area (Å²) in [4.78, 5) is 0. The van der Waals surface area contributed by atoms with E-state index >= 15 is 0 Å². The van der Waals surface area contributed by atoms with Crippen molar-refractivity contribution in [2.45, 2.75) is 11.5 Å². The molecular weight excluding hydrogens is 226 g/mol. The summed E-state index contributed by atoms with van der Waals surface area (Å²) in [6.45, 7) is 0. The summed E-state index contributed by atoms with van der Waals surface area (Å²) in [6, 6.07) is 8.17. The van der Waals surface area contributed by atoms with Crippen LogP contribution in [-0.2, 0) is 11.5 Å². The lowest BCUT2D eigenvalue weighted by molar-refractivity contribution is 1.35. The van der Waals surface area contributed by atoms with E-state index in [2.05, 4.69) is 0 Å². The second-order valence-electron chi connectivity index (χ2n) is 2.90. The van der Waals surface area contributed by atoms with Gasteiger partial charge in [0.2, 0.25) is 0 Å². The van der Waals surface area contributed by atoms with Gasteiger partial charge >= 0.3 is 0 Å². The van der Waals surface area contributed by atoms with Crippen molar-refractivity contribution in [2.24, 2.45) is 5.73 Å². The normalized spacial score (nSPS) is 9.87. The maximum absolute atomic E-state index is 7.09. The molecule has 0 aliphatic carbocycles. The molecule has 0 bridgehead atoms. The molecule has 0 atom stereocenters. The molecule has 0 amide bonds. The van der Waals surface area contributed by atoms with Crippen molar-refractivity contribution in [1.82, 2.24) is 0 Å². The van der Waals surface area contributed by atoms with Gasteiger partial charge in [-0.1, -0.05) is 36.0 Å². The van der Waals surface area contributed by atoms with E-state index in [4.69, 9.17) is 16.6 Å². The van der Waals surface area contributed by atoms with Gasteiger partial charge in [0.15, 0.2) is 5.17 Å². The summed E-state index contributed by atoms with van der Waals surface area (Å²) >= 11 is 2.80. The number of hydrogen-bond donors (Lipinski definition) is 3. The summed E-state index contributed by atoms with van der Waals surface area (Å²) in [5, 5.41) is 14.1. The zero-order valence-electron chi connectivity index (χ0n) is 8.19. The van der Waals surface area contributed by atoms with Crippen LogP contribution in [0.2, 0.25) is 0 Å². The Hall–Kier alpha value is -0.940. The standard InChI is InChI=1S/C10H13N3S2/c11-7-14-5-8-1-3-9(4-2-8)6-15-10(12)13/h1-4,7,11H,5-6H2,(H3,12,13). The number of benzene rings is 1. The first-order valence-electron chi connectivity index (χ1n) is 4.37. The van der Waals surface area contributed by atoms with E-state index in [1.807, 2.05) is 24.3 Å². The average molecular weight is 239 g/mol. The quantitative estimate of drug-likeness (QED) is 0.546. The van der Waals surface area contributed by atoms with Gasteiger partial charge < -0.3 is 11.1 Å². The van der Waals surface area contributed by atoms with E-state index in [-0.39, 0.29) is 5.17 Å². The van der Waals surface area contributed by atoms with E-state index in [0.29, 0.717) is 0 Å². The fourth-order valence-corrected chi connectivity index (χ4v) is 2.01. The Morgan fingerprint density at radius 3 is 2.20 bits per heavy atom. The Morgan fingerprint density at radius 2 is 1.73 bits per heavy atom. The molecule has 0 fully saturated rings. The molecular formula is C10H13N3S2. The average Bonchev–Trinajstić information content (AvgIpc) is 2.25. The highest BCUT2D eigenvalue weighted by Crippen LogP contribution is 2.15. The second-order valence-corrected chi connectivity index (χ2v) is 4.77. The minimum atomic E-state index is 0.151. The summed E-state index contributed by atoms with van der Waals surface area (Å²) in [7, 11) is 0. The van der Waals surface area contributed by atoms with Crippen LogP contribution in [0.4, 0.5) is 0 Å². The fraction of sp³-hybridized carbons (Fsp3) is 0.200. The van der Waals surface area contributed by atoms with E-state index in [1.165, 1.54) is 40.2 Å². The highest BCUT2D eigenvalue weighted by Gasteiger charge is 1.96. The van der Waals surface area contributed by atoms with Crippen LogP contribution in [-0.4, -0.2) is 10.7 Å². The van der Waals surface area contributed by atoms with Gasteiger partial charge in [-0.2, -0.15) is 0 Å². The molecule has 0 aromatic heterocycles. The van der Waals surface area contributed by atoms with Crippen LogP contribution in [0.3, 0.4) is 0 Å². The van der Waals surface area contributed by atoms with Gasteiger partial charge in [-0.25, -0.2) is 0 Å². The number of rotatable bonds is 5. The Bertz CT molecular complexity index is 335. The predicted octanol–water partition coefficient (Wildman–Crippen LogP) is 2.65. The molecule has 1 rings (SSSR count). The summed E-state index contributed by atoms with van der Waals surface area (Å²) in [6.07, 6.45) is 0. The number of nitrogens with two attached hydrogens (primary N) is 1. The van der Waals surface area contributed by atoms with Gasteiger partial charge in [-0.05, 0) is 11.1 Å². The molecule has 80 valence electrons. The summed E-state index contributed by atoms with van der Waals surface area (Å²) < 4.78 is 0. The lowest BCUT2D eigenvalue weighted by Gasteiger charge is -2.02. The Labute approximate surface area is 97.8 Å². The van der Waals surface area contributed by atoms with E-state index in [9.17, 15) is 0 Å². The molecule has 3 nitrogen and oxygen atoms in total. The minimum Gasteiger partial charge on any atom is -0.379 e. The molecule has 15 heavy (non-hydrogen) atoms. The van der Waals surface area contributed by atoms with Crippen molar-refractivity contribution in [3.05, 3.63) is 35.4 Å². The zero-order valence-corrected chi connectivity index (χ0v) is 9.83. The van der Waals surface area contributed by atoms with Crippen LogP contribution in [0, 0.1) is 10.8 Å². The van der Waals surface area contributed by atoms with Crippen molar-refractivity contribution in [3.63, 3.8) is 0 Å². The van der Waals surface area contributed by atoms with E-state index in [1.54, 1.807) is 0 Å². The van der Waals surface area contributed by atoms with Crippen LogP contribution in [0.5, 0.6) is 0 Å². The molecule has 5 heteroatoms. The smallest absolute Gasteiger partial charge is 0.151 e. The molecule has 4 N–H and O–H groups in total. The first-order valence-corrected chi connectivity index (χ1v) is 6.41. The maximum Gasteiger partial charge on any atom is 0.151 e. The minimum absolute atomic E-state index is 0.151. The van der Waals surface area contributed by atoms with Gasteiger partial charge in [0.05, 0.1) is 5.55 Å². The molecule has 0 saturated carbocycles. The second kappa shape index (κ2) is 6.53. The Morgan fingerprint density at radius 1 is 1.20 bits per heavy atom. The summed E-state index contributed by atoms with van der Waals surface area (Å²) in [5.41, 5.74) is 8.97. The van der Waals surface area contributed by atoms with Crippen molar-refractivity contribution < 1.29 is 0 Å². The van der Waals surface area contributed by atoms with Crippen LogP contribution in [0.15, 0.2) is 24.3 Å². The van der Waals surface area contributed by atoms with Crippen molar-refractivity contribution >= 4 is 34.2 Å². The third-order valence-electron chi connectivity index (χ3n) is 1.75. The number of hydrogen-bond acceptors (Lipinski definition) is 4. The summed E-state index contributed by atoms with van der Waals surface area (Å²) in [5.74, 6) is 1.58. The van der Waals surface area contributed by atoms with Crippen LogP contribution in [0.25, 0.3) is 0 Å². The van der Waals surface area contributed by atoms with Gasteiger partial charge in [-0.15, -0.1) is 11.8 Å². The monoisotopic (exact) mass is 239 g/mol. The molecule has 0 aliphatic rings. The Balaban J connectivity index is 2.48. The van der Waals surface area contributed by atoms with E-state index in [0.717, 1.165) is 11.5 Å². The molecule has 0 aliphatic heterocycles. The number of nitrogens with one attached hydrogen (secondary N) is 2. The van der Waals surface area contributed by atoms with Crippen molar-refractivity contribution in [2.75, 3.05) is 0 Å². The van der Waals surface area contributed by atoms with Crippen molar-refractivity contribution in [1.29, 1.82) is 10.8 Å². The van der Waals surface area contributed by atoms with Gasteiger partial charge in [0, 0.05) is 11.5 Å². The highest BCUT2D eigenvalue weighted by atomic mass is 32.2. The molecule has 0 unspecified atom stereocenters. The van der Waals surface area contributed by atoms with Gasteiger partial charge in [-0.3, -0.25) is 5.41 Å². The Kier molecular flexibility index (Phi) is 5.28. The largest absolute Gasteiger partial charge is 0.379 e. The molecule has 0 spiro atoms. The zero-order chi connectivity index (χ0) is 11.1. The van der Waals surface area contributed by atoms with Crippen LogP contribution in [0.1, 0.15) is 11.1 Å². The lowest BCUT2D eigenvalue weighted by Crippen LogP contribution is -2.03.